The van der Waals surface area contributed by atoms with E-state index in [4.69, 9.17) is 5.73 Å². The molecule has 3 N–H and O–H groups in total. The van der Waals surface area contributed by atoms with Crippen molar-refractivity contribution in [3.8, 4) is 11.1 Å². The largest absolute Gasteiger partial charge is 0.351 e. The fraction of sp³-hybridized carbons (Fsp3) is 0.381. The van der Waals surface area contributed by atoms with Gasteiger partial charge in [0.25, 0.3) is 0 Å². The average Bonchev–Trinajstić information content (AvgIpc) is 2.64. The molecule has 0 aliphatic heterocycles. The van der Waals surface area contributed by atoms with E-state index < -0.39 is 6.04 Å². The third-order valence-corrected chi connectivity index (χ3v) is 4.85. The maximum Gasteiger partial charge on any atom is 0.237 e. The number of nitrogens with two attached hydrogens (primary N) is 1. The summed E-state index contributed by atoms with van der Waals surface area (Å²) < 4.78 is 0. The van der Waals surface area contributed by atoms with Crippen LogP contribution in [0.4, 0.5) is 0 Å². The molecule has 0 aliphatic rings. The quantitative estimate of drug-likeness (QED) is 0.667. The van der Waals surface area contributed by atoms with Gasteiger partial charge in [-0.1, -0.05) is 48.5 Å². The Labute approximate surface area is 173 Å². The van der Waals surface area contributed by atoms with Crippen LogP contribution in [0.2, 0.25) is 0 Å². The molecule has 1 amide bonds. The van der Waals surface area contributed by atoms with Crippen LogP contribution in [0, 0.1) is 0 Å². The van der Waals surface area contributed by atoms with Crippen molar-refractivity contribution in [2.45, 2.75) is 25.6 Å². The molecular weight excluding hydrogens is 378 g/mol. The van der Waals surface area contributed by atoms with Gasteiger partial charge < -0.3 is 16.0 Å². The molecule has 0 bridgehead atoms. The minimum Gasteiger partial charge on any atom is -0.351 e. The van der Waals surface area contributed by atoms with Gasteiger partial charge in [0.05, 0.1) is 6.04 Å². The number of carbonyl (C=O) groups excluding carboxylic acids is 1. The van der Waals surface area contributed by atoms with E-state index in [1.54, 1.807) is 11.8 Å². The van der Waals surface area contributed by atoms with Gasteiger partial charge in [0.1, 0.15) is 0 Å². The normalized spacial score (nSPS) is 11.7. The molecule has 0 spiro atoms. The van der Waals surface area contributed by atoms with Gasteiger partial charge in [-0.2, -0.15) is 11.8 Å². The van der Waals surface area contributed by atoms with E-state index in [1.165, 1.54) is 5.56 Å². The molecule has 1 atom stereocenters. The monoisotopic (exact) mass is 407 g/mol. The van der Waals surface area contributed by atoms with Crippen LogP contribution >= 0.6 is 24.2 Å². The summed E-state index contributed by atoms with van der Waals surface area (Å²) >= 11 is 1.70. The predicted octanol–water partition coefficient (Wildman–Crippen LogP) is 3.53. The topological polar surface area (TPSA) is 58.4 Å². The Morgan fingerprint density at radius 3 is 2.44 bits per heavy atom. The number of nitrogens with one attached hydrogen (secondary N) is 1. The highest BCUT2D eigenvalue weighted by Gasteiger charge is 2.13. The number of thioether (sulfide) groups is 1. The highest BCUT2D eigenvalue weighted by atomic mass is 35.5. The van der Waals surface area contributed by atoms with Crippen molar-refractivity contribution in [3.05, 3.63) is 59.7 Å². The average molecular weight is 408 g/mol. The molecule has 2 rings (SSSR count). The zero-order chi connectivity index (χ0) is 18.9. The highest BCUT2D eigenvalue weighted by Crippen LogP contribution is 2.24. The number of rotatable bonds is 9. The summed E-state index contributed by atoms with van der Waals surface area (Å²) in [6.45, 7) is 1.41. The Morgan fingerprint density at radius 1 is 1.15 bits per heavy atom. The lowest BCUT2D eigenvalue weighted by Crippen LogP contribution is -2.40. The van der Waals surface area contributed by atoms with E-state index in [-0.39, 0.29) is 18.3 Å². The molecule has 0 fully saturated rings. The number of halogens is 1. The summed E-state index contributed by atoms with van der Waals surface area (Å²) in [6.07, 6.45) is 2.71. The molecule has 0 saturated carbocycles. The van der Waals surface area contributed by atoms with Gasteiger partial charge in [-0.3, -0.25) is 4.79 Å². The number of hydrogen-bond donors (Lipinski definition) is 2. The summed E-state index contributed by atoms with van der Waals surface area (Å²) in [7, 11) is 4.13. The Balaban J connectivity index is 0.00000364. The van der Waals surface area contributed by atoms with Gasteiger partial charge in [-0.05, 0) is 54.8 Å². The summed E-state index contributed by atoms with van der Waals surface area (Å²) in [6, 6.07) is 16.3. The smallest absolute Gasteiger partial charge is 0.237 e. The van der Waals surface area contributed by atoms with Crippen molar-refractivity contribution < 1.29 is 4.79 Å². The predicted molar refractivity (Wildman–Crippen MR) is 119 cm³/mol. The Bertz CT molecular complexity index is 707. The van der Waals surface area contributed by atoms with Crippen molar-refractivity contribution in [1.82, 2.24) is 10.2 Å². The Morgan fingerprint density at radius 2 is 1.81 bits per heavy atom. The van der Waals surface area contributed by atoms with E-state index in [0.29, 0.717) is 13.0 Å². The SMILES string of the molecule is CSCCC(N)C(=O)NCc1ccccc1-c1ccc(CN(C)C)cc1.Cl. The number of carbonyl (C=O) groups is 1. The van der Waals surface area contributed by atoms with Gasteiger partial charge >= 0.3 is 0 Å². The van der Waals surface area contributed by atoms with Gasteiger partial charge in [-0.15, -0.1) is 12.4 Å². The second kappa shape index (κ2) is 12.0. The molecule has 27 heavy (non-hydrogen) atoms. The minimum atomic E-state index is -0.445. The summed E-state index contributed by atoms with van der Waals surface area (Å²) in [5.74, 6) is 0.806. The molecule has 0 radical (unpaired) electrons. The van der Waals surface area contributed by atoms with E-state index in [0.717, 1.165) is 29.0 Å². The zero-order valence-electron chi connectivity index (χ0n) is 16.3. The lowest BCUT2D eigenvalue weighted by molar-refractivity contribution is -0.122. The van der Waals surface area contributed by atoms with Crippen LogP contribution in [-0.2, 0) is 17.9 Å². The Kier molecular flexibility index (Phi) is 10.5. The zero-order valence-corrected chi connectivity index (χ0v) is 17.9. The summed E-state index contributed by atoms with van der Waals surface area (Å²) in [5.41, 5.74) is 10.6. The fourth-order valence-electron chi connectivity index (χ4n) is 2.80. The molecule has 0 aliphatic carbocycles. The van der Waals surface area contributed by atoms with Gasteiger partial charge in [-0.25, -0.2) is 0 Å². The first-order chi connectivity index (χ1) is 12.5. The third-order valence-electron chi connectivity index (χ3n) is 4.20. The first-order valence-electron chi connectivity index (χ1n) is 8.85. The van der Waals surface area contributed by atoms with Gasteiger partial charge in [0.2, 0.25) is 5.91 Å². The van der Waals surface area contributed by atoms with Crippen molar-refractivity contribution in [3.63, 3.8) is 0 Å². The van der Waals surface area contributed by atoms with Crippen LogP contribution in [0.3, 0.4) is 0 Å². The van der Waals surface area contributed by atoms with Crippen LogP contribution in [0.25, 0.3) is 11.1 Å². The molecule has 0 saturated heterocycles. The number of nitrogens with zero attached hydrogens (tertiary/aromatic N) is 1. The lowest BCUT2D eigenvalue weighted by atomic mass is 9.98. The molecular formula is C21H30ClN3OS. The summed E-state index contributed by atoms with van der Waals surface area (Å²) in [4.78, 5) is 14.3. The number of amides is 1. The van der Waals surface area contributed by atoms with E-state index >= 15 is 0 Å². The fourth-order valence-corrected chi connectivity index (χ4v) is 3.29. The highest BCUT2D eigenvalue weighted by molar-refractivity contribution is 7.98. The first kappa shape index (κ1) is 23.5. The molecule has 2 aromatic rings. The molecule has 4 nitrogen and oxygen atoms in total. The summed E-state index contributed by atoms with van der Waals surface area (Å²) in [5, 5.41) is 2.98. The van der Waals surface area contributed by atoms with Crippen molar-refractivity contribution in [2.24, 2.45) is 5.73 Å². The number of hydrogen-bond acceptors (Lipinski definition) is 4. The molecule has 0 aromatic heterocycles. The van der Waals surface area contributed by atoms with E-state index in [2.05, 4.69) is 60.7 Å². The van der Waals surface area contributed by atoms with Crippen molar-refractivity contribution >= 4 is 30.1 Å². The second-order valence-electron chi connectivity index (χ2n) is 6.70. The molecule has 148 valence electrons. The molecule has 2 aromatic carbocycles. The standard InChI is InChI=1S/C21H29N3OS.ClH/c1-24(2)15-16-8-10-17(11-9-16)19-7-5-4-6-18(19)14-23-21(25)20(22)12-13-26-3;/h4-11,20H,12-15,22H2,1-3H3,(H,23,25);1H. The maximum atomic E-state index is 12.2. The van der Waals surface area contributed by atoms with Crippen molar-refractivity contribution in [1.29, 1.82) is 0 Å². The maximum absolute atomic E-state index is 12.2. The number of benzene rings is 2. The van der Waals surface area contributed by atoms with Crippen LogP contribution in [-0.4, -0.2) is 43.0 Å². The molecule has 0 heterocycles. The van der Waals surface area contributed by atoms with Crippen molar-refractivity contribution in [2.75, 3.05) is 26.1 Å². The van der Waals surface area contributed by atoms with Crippen LogP contribution in [0.15, 0.2) is 48.5 Å². The lowest BCUT2D eigenvalue weighted by Gasteiger charge is -2.15. The third kappa shape index (κ3) is 7.54. The Hall–Kier alpha value is -1.53. The van der Waals surface area contributed by atoms with E-state index in [1.807, 2.05) is 18.4 Å². The van der Waals surface area contributed by atoms with Crippen LogP contribution < -0.4 is 11.1 Å². The molecule has 6 heteroatoms. The van der Waals surface area contributed by atoms with Gasteiger partial charge in [0, 0.05) is 13.1 Å². The first-order valence-corrected chi connectivity index (χ1v) is 10.2. The van der Waals surface area contributed by atoms with E-state index in [9.17, 15) is 4.79 Å². The molecule has 1 unspecified atom stereocenters. The van der Waals surface area contributed by atoms with Crippen LogP contribution in [0.1, 0.15) is 17.5 Å². The van der Waals surface area contributed by atoms with Gasteiger partial charge in [0.15, 0.2) is 0 Å². The second-order valence-corrected chi connectivity index (χ2v) is 7.68. The minimum absolute atomic E-state index is 0. The van der Waals surface area contributed by atoms with Crippen LogP contribution in [0.5, 0.6) is 0 Å².